The van der Waals surface area contributed by atoms with Crippen LogP contribution in [0.1, 0.15) is 40.1 Å². The van der Waals surface area contributed by atoms with Gasteiger partial charge in [-0.2, -0.15) is 0 Å². The largest absolute Gasteiger partial charge is 0.493 e. The van der Waals surface area contributed by atoms with Gasteiger partial charge in [0.05, 0.1) is 7.11 Å². The van der Waals surface area contributed by atoms with Gasteiger partial charge in [-0.3, -0.25) is 9.59 Å². The number of carbonyl (C=O) groups is 2. The number of para-hydroxylation sites is 2. The Morgan fingerprint density at radius 3 is 2.27 bits per heavy atom. The summed E-state index contributed by atoms with van der Waals surface area (Å²) in [6.45, 7) is 0. The van der Waals surface area contributed by atoms with Crippen molar-refractivity contribution in [1.29, 1.82) is 0 Å². The minimum Gasteiger partial charge on any atom is -0.493 e. The Morgan fingerprint density at radius 2 is 1.61 bits per heavy atom. The summed E-state index contributed by atoms with van der Waals surface area (Å²) in [6.07, 6.45) is 3.88. The second-order valence-corrected chi connectivity index (χ2v) is 7.67. The van der Waals surface area contributed by atoms with Crippen molar-refractivity contribution >= 4 is 17.8 Å². The number of hydrogen-bond donors (Lipinski definition) is 3. The van der Waals surface area contributed by atoms with Crippen LogP contribution in [0.5, 0.6) is 17.2 Å². The molecule has 1 fully saturated rings. The normalized spacial score (nSPS) is 17.2. The molecule has 1 aliphatic carbocycles. The Morgan fingerprint density at radius 1 is 0.939 bits per heavy atom. The van der Waals surface area contributed by atoms with E-state index in [9.17, 15) is 9.59 Å². The molecule has 0 aliphatic heterocycles. The number of amides is 2. The van der Waals surface area contributed by atoms with Crippen molar-refractivity contribution < 1.29 is 19.1 Å². The van der Waals surface area contributed by atoms with Crippen LogP contribution in [0.25, 0.3) is 0 Å². The first kappa shape index (κ1) is 22.1. The van der Waals surface area contributed by atoms with Gasteiger partial charge in [0.25, 0.3) is 11.8 Å². The maximum atomic E-state index is 12.8. The van der Waals surface area contributed by atoms with Gasteiger partial charge < -0.3 is 25.8 Å². The summed E-state index contributed by atoms with van der Waals surface area (Å²) in [7, 11) is 1.58. The molecule has 9 heteroatoms. The Balaban J connectivity index is 1.36. The van der Waals surface area contributed by atoms with E-state index in [0.717, 1.165) is 19.3 Å². The van der Waals surface area contributed by atoms with E-state index in [1.807, 2.05) is 24.3 Å². The third kappa shape index (κ3) is 5.38. The predicted molar refractivity (Wildman–Crippen MR) is 122 cm³/mol. The third-order valence-corrected chi connectivity index (χ3v) is 5.47. The molecule has 0 radical (unpaired) electrons. The van der Waals surface area contributed by atoms with Gasteiger partial charge in [0, 0.05) is 23.8 Å². The van der Waals surface area contributed by atoms with E-state index in [0.29, 0.717) is 22.8 Å². The lowest BCUT2D eigenvalue weighted by Crippen LogP contribution is -2.48. The van der Waals surface area contributed by atoms with Crippen LogP contribution < -0.4 is 25.8 Å². The van der Waals surface area contributed by atoms with E-state index in [1.54, 1.807) is 31.4 Å². The average Bonchev–Trinajstić information content (AvgIpc) is 3.26. The fourth-order valence-corrected chi connectivity index (χ4v) is 3.80. The standard InChI is InChI=1S/C24H25N5O4/c1-32-20-7-2-3-8-21(20)33-16-11-9-15(10-12-16)22(30)27-17-5-4-6-18(17)28-23(31)19-13-14-26-24(25)29-19/h2-3,7-14,17-18H,4-6H2,1H3,(H,27,30)(H,28,31)(H2,25,26,29)/t17?,18-/m1/s1. The molecule has 9 nitrogen and oxygen atoms in total. The molecule has 0 bridgehead atoms. The molecule has 2 atom stereocenters. The van der Waals surface area contributed by atoms with Gasteiger partial charge in [-0.1, -0.05) is 12.1 Å². The van der Waals surface area contributed by atoms with Crippen molar-refractivity contribution in [2.45, 2.75) is 31.3 Å². The summed E-state index contributed by atoms with van der Waals surface area (Å²) in [5.74, 6) is 1.29. The van der Waals surface area contributed by atoms with Crippen molar-refractivity contribution in [3.63, 3.8) is 0 Å². The van der Waals surface area contributed by atoms with E-state index in [4.69, 9.17) is 15.2 Å². The van der Waals surface area contributed by atoms with Gasteiger partial charge in [-0.05, 0) is 61.7 Å². The summed E-state index contributed by atoms with van der Waals surface area (Å²) in [5.41, 5.74) is 6.26. The Bertz CT molecular complexity index is 1140. The number of ether oxygens (including phenoxy) is 2. The summed E-state index contributed by atoms with van der Waals surface area (Å²) in [6, 6.07) is 15.3. The fourth-order valence-electron chi connectivity index (χ4n) is 3.80. The molecule has 4 rings (SSSR count). The van der Waals surface area contributed by atoms with Crippen molar-refractivity contribution in [3.05, 3.63) is 72.1 Å². The van der Waals surface area contributed by atoms with Gasteiger partial charge in [0.2, 0.25) is 5.95 Å². The lowest BCUT2D eigenvalue weighted by atomic mass is 10.1. The average molecular weight is 447 g/mol. The van der Waals surface area contributed by atoms with Crippen LogP contribution in [0, 0.1) is 0 Å². The van der Waals surface area contributed by atoms with E-state index in [-0.39, 0.29) is 35.5 Å². The minimum atomic E-state index is -0.340. The van der Waals surface area contributed by atoms with E-state index < -0.39 is 0 Å². The number of aromatic nitrogens is 2. The summed E-state index contributed by atoms with van der Waals surface area (Å²) in [5, 5.41) is 5.97. The van der Waals surface area contributed by atoms with E-state index >= 15 is 0 Å². The van der Waals surface area contributed by atoms with Crippen molar-refractivity contribution in [2.24, 2.45) is 0 Å². The van der Waals surface area contributed by atoms with Crippen LogP contribution in [-0.4, -0.2) is 41.0 Å². The number of nitrogens with two attached hydrogens (primary N) is 1. The van der Waals surface area contributed by atoms with Crippen LogP contribution in [0.2, 0.25) is 0 Å². The maximum absolute atomic E-state index is 12.8. The SMILES string of the molecule is COc1ccccc1Oc1ccc(C(=O)NC2CCC[C@H]2NC(=O)c2ccnc(N)n2)cc1. The highest BCUT2D eigenvalue weighted by atomic mass is 16.5. The fraction of sp³-hybridized carbons (Fsp3) is 0.250. The first-order valence-corrected chi connectivity index (χ1v) is 10.6. The van der Waals surface area contributed by atoms with Gasteiger partial charge in [-0.25, -0.2) is 9.97 Å². The summed E-state index contributed by atoms with van der Waals surface area (Å²) in [4.78, 5) is 33.0. The quantitative estimate of drug-likeness (QED) is 0.508. The number of nitrogens with one attached hydrogen (secondary N) is 2. The number of rotatable bonds is 7. The Kier molecular flexibility index (Phi) is 6.68. The molecule has 0 spiro atoms. The molecule has 3 aromatic rings. The first-order chi connectivity index (χ1) is 16.0. The Hall–Kier alpha value is -4.14. The van der Waals surface area contributed by atoms with Crippen LogP contribution in [-0.2, 0) is 0 Å². The summed E-state index contributed by atoms with van der Waals surface area (Å²) >= 11 is 0. The van der Waals surface area contributed by atoms with Crippen LogP contribution in [0.3, 0.4) is 0 Å². The highest BCUT2D eigenvalue weighted by Gasteiger charge is 2.30. The molecule has 2 aromatic carbocycles. The lowest BCUT2D eigenvalue weighted by Gasteiger charge is -2.22. The predicted octanol–water partition coefficient (Wildman–Crippen LogP) is 2.94. The Labute approximate surface area is 191 Å². The van der Waals surface area contributed by atoms with E-state index in [2.05, 4.69) is 20.6 Å². The van der Waals surface area contributed by atoms with Crippen molar-refractivity contribution in [3.8, 4) is 17.2 Å². The van der Waals surface area contributed by atoms with Crippen LogP contribution in [0.15, 0.2) is 60.8 Å². The highest BCUT2D eigenvalue weighted by molar-refractivity contribution is 5.95. The molecule has 1 heterocycles. The maximum Gasteiger partial charge on any atom is 0.270 e. The van der Waals surface area contributed by atoms with Gasteiger partial charge >= 0.3 is 0 Å². The highest BCUT2D eigenvalue weighted by Crippen LogP contribution is 2.31. The number of carbonyl (C=O) groups excluding carboxylic acids is 2. The van der Waals surface area contributed by atoms with Crippen LogP contribution >= 0.6 is 0 Å². The lowest BCUT2D eigenvalue weighted by molar-refractivity contribution is 0.0889. The molecule has 33 heavy (non-hydrogen) atoms. The zero-order chi connectivity index (χ0) is 23.2. The molecule has 0 saturated heterocycles. The smallest absolute Gasteiger partial charge is 0.270 e. The summed E-state index contributed by atoms with van der Waals surface area (Å²) < 4.78 is 11.1. The van der Waals surface area contributed by atoms with Gasteiger partial charge in [0.1, 0.15) is 11.4 Å². The number of nitrogens with zero attached hydrogens (tertiary/aromatic N) is 2. The first-order valence-electron chi connectivity index (χ1n) is 10.6. The second-order valence-electron chi connectivity index (χ2n) is 7.67. The number of nitrogen functional groups attached to an aromatic ring is 1. The molecule has 1 aromatic heterocycles. The van der Waals surface area contributed by atoms with Crippen molar-refractivity contribution in [1.82, 2.24) is 20.6 Å². The van der Waals surface area contributed by atoms with E-state index in [1.165, 1.54) is 12.3 Å². The van der Waals surface area contributed by atoms with Gasteiger partial charge in [0.15, 0.2) is 11.5 Å². The van der Waals surface area contributed by atoms with Gasteiger partial charge in [-0.15, -0.1) is 0 Å². The number of benzene rings is 2. The molecule has 1 saturated carbocycles. The topological polar surface area (TPSA) is 128 Å². The monoisotopic (exact) mass is 447 g/mol. The second kappa shape index (κ2) is 9.99. The zero-order valence-corrected chi connectivity index (χ0v) is 18.2. The zero-order valence-electron chi connectivity index (χ0n) is 18.2. The number of anilines is 1. The molecule has 1 unspecified atom stereocenters. The number of hydrogen-bond acceptors (Lipinski definition) is 7. The number of methoxy groups -OCH3 is 1. The third-order valence-electron chi connectivity index (χ3n) is 5.47. The molecular weight excluding hydrogens is 422 g/mol. The molecular formula is C24H25N5O4. The minimum absolute atomic E-state index is 0.0389. The molecule has 4 N–H and O–H groups in total. The molecule has 1 aliphatic rings. The molecule has 170 valence electrons. The van der Waals surface area contributed by atoms with Crippen molar-refractivity contribution in [2.75, 3.05) is 12.8 Å². The molecule has 2 amide bonds. The van der Waals surface area contributed by atoms with Crippen LogP contribution in [0.4, 0.5) is 5.95 Å².